The fraction of sp³-hybridized carbons (Fsp3) is 0.316. The molecule has 1 aromatic heterocycles. The largest absolute Gasteiger partial charge is 0.305 e. The molecule has 0 spiro atoms. The lowest BCUT2D eigenvalue weighted by atomic mass is 10.1. The van der Waals surface area contributed by atoms with Crippen molar-refractivity contribution in [1.82, 2.24) is 15.0 Å². The number of aromatic nitrogens is 3. The molecular weight excluding hydrogens is 300 g/mol. The molecule has 1 aliphatic heterocycles. The molecule has 1 aliphatic rings. The van der Waals surface area contributed by atoms with E-state index in [4.69, 9.17) is 0 Å². The second-order valence-electron chi connectivity index (χ2n) is 6.37. The van der Waals surface area contributed by atoms with Gasteiger partial charge >= 0.3 is 0 Å². The molecular formula is C19H20N4O. The average Bonchev–Trinajstić information content (AvgIpc) is 3.14. The SMILES string of the molecule is CCCn1nnc2cc(C(=O)N3c4ccccc4C[C@@H]3C)ccc21. The number of aryl methyl sites for hydroxylation is 1. The maximum atomic E-state index is 13.1. The second kappa shape index (κ2) is 5.74. The number of hydrogen-bond donors (Lipinski definition) is 0. The summed E-state index contributed by atoms with van der Waals surface area (Å²) in [5, 5.41) is 8.39. The number of carbonyl (C=O) groups is 1. The quantitative estimate of drug-likeness (QED) is 0.743. The molecule has 5 heteroatoms. The summed E-state index contributed by atoms with van der Waals surface area (Å²) < 4.78 is 1.89. The zero-order valence-electron chi connectivity index (χ0n) is 13.9. The van der Waals surface area contributed by atoms with E-state index < -0.39 is 0 Å². The molecule has 0 unspecified atom stereocenters. The van der Waals surface area contributed by atoms with E-state index in [1.54, 1.807) is 0 Å². The van der Waals surface area contributed by atoms with Gasteiger partial charge in [0.2, 0.25) is 0 Å². The van der Waals surface area contributed by atoms with Crippen molar-refractivity contribution in [1.29, 1.82) is 0 Å². The molecule has 4 rings (SSSR count). The first-order chi connectivity index (χ1) is 11.7. The van der Waals surface area contributed by atoms with E-state index in [-0.39, 0.29) is 11.9 Å². The standard InChI is InChI=1S/C19H20N4O/c1-3-10-22-18-9-8-15(12-16(18)20-21-22)19(24)23-13(2)11-14-6-4-5-7-17(14)23/h4-9,12-13H,3,10-11H2,1-2H3/t13-/m0/s1. The van der Waals surface area contributed by atoms with Gasteiger partial charge < -0.3 is 4.90 Å². The van der Waals surface area contributed by atoms with Crippen LogP contribution in [0.1, 0.15) is 36.2 Å². The Balaban J connectivity index is 1.71. The van der Waals surface area contributed by atoms with Gasteiger partial charge in [-0.15, -0.1) is 5.10 Å². The second-order valence-corrected chi connectivity index (χ2v) is 6.37. The number of carbonyl (C=O) groups excluding carboxylic acids is 1. The molecule has 0 fully saturated rings. The smallest absolute Gasteiger partial charge is 0.258 e. The van der Waals surface area contributed by atoms with E-state index in [2.05, 4.69) is 30.2 Å². The fourth-order valence-corrected chi connectivity index (χ4v) is 3.50. The fourth-order valence-electron chi connectivity index (χ4n) is 3.50. The first-order valence-electron chi connectivity index (χ1n) is 8.43. The van der Waals surface area contributed by atoms with Crippen LogP contribution in [0.15, 0.2) is 42.5 Å². The van der Waals surface area contributed by atoms with Gasteiger partial charge in [0.25, 0.3) is 5.91 Å². The van der Waals surface area contributed by atoms with Gasteiger partial charge in [-0.2, -0.15) is 0 Å². The number of nitrogens with zero attached hydrogens (tertiary/aromatic N) is 4. The highest BCUT2D eigenvalue weighted by atomic mass is 16.2. The number of benzene rings is 2. The van der Waals surface area contributed by atoms with Crippen LogP contribution in [0.2, 0.25) is 0 Å². The van der Waals surface area contributed by atoms with Gasteiger partial charge in [0.15, 0.2) is 0 Å². The number of hydrogen-bond acceptors (Lipinski definition) is 3. The topological polar surface area (TPSA) is 51.0 Å². The number of rotatable bonds is 3. The zero-order chi connectivity index (χ0) is 16.7. The van der Waals surface area contributed by atoms with Gasteiger partial charge in [-0.25, -0.2) is 4.68 Å². The summed E-state index contributed by atoms with van der Waals surface area (Å²) >= 11 is 0. The van der Waals surface area contributed by atoms with Crippen LogP contribution in [-0.4, -0.2) is 26.9 Å². The molecule has 2 heterocycles. The molecule has 0 saturated heterocycles. The number of amides is 1. The Kier molecular flexibility index (Phi) is 3.56. The Hall–Kier alpha value is -2.69. The third-order valence-electron chi connectivity index (χ3n) is 4.62. The van der Waals surface area contributed by atoms with E-state index in [1.165, 1.54) is 5.56 Å². The van der Waals surface area contributed by atoms with Crippen LogP contribution in [0.25, 0.3) is 11.0 Å². The van der Waals surface area contributed by atoms with Crippen molar-refractivity contribution in [3.63, 3.8) is 0 Å². The Morgan fingerprint density at radius 3 is 2.92 bits per heavy atom. The first kappa shape index (κ1) is 14.9. The Morgan fingerprint density at radius 2 is 2.08 bits per heavy atom. The molecule has 24 heavy (non-hydrogen) atoms. The Bertz CT molecular complexity index is 915. The highest BCUT2D eigenvalue weighted by Crippen LogP contribution is 2.33. The minimum Gasteiger partial charge on any atom is -0.305 e. The van der Waals surface area contributed by atoms with Gasteiger partial charge in [0, 0.05) is 23.8 Å². The maximum absolute atomic E-state index is 13.1. The normalized spacial score (nSPS) is 16.6. The first-order valence-corrected chi connectivity index (χ1v) is 8.43. The van der Waals surface area contributed by atoms with Crippen molar-refractivity contribution in [2.45, 2.75) is 39.3 Å². The summed E-state index contributed by atoms with van der Waals surface area (Å²) in [5.41, 5.74) is 4.66. The molecule has 0 N–H and O–H groups in total. The molecule has 3 aromatic rings. The summed E-state index contributed by atoms with van der Waals surface area (Å²) in [7, 11) is 0. The third-order valence-corrected chi connectivity index (χ3v) is 4.62. The van der Waals surface area contributed by atoms with Gasteiger partial charge in [0.05, 0.1) is 5.52 Å². The van der Waals surface area contributed by atoms with E-state index in [9.17, 15) is 4.79 Å². The highest BCUT2D eigenvalue weighted by Gasteiger charge is 2.31. The van der Waals surface area contributed by atoms with Crippen LogP contribution in [0.3, 0.4) is 0 Å². The van der Waals surface area contributed by atoms with Gasteiger partial charge in [0.1, 0.15) is 5.52 Å². The van der Waals surface area contributed by atoms with Crippen molar-refractivity contribution < 1.29 is 4.79 Å². The predicted molar refractivity (Wildman–Crippen MR) is 94.2 cm³/mol. The maximum Gasteiger partial charge on any atom is 0.258 e. The van der Waals surface area contributed by atoms with Crippen molar-refractivity contribution in [2.75, 3.05) is 4.90 Å². The Labute approximate surface area is 140 Å². The minimum atomic E-state index is 0.0272. The predicted octanol–water partition coefficient (Wildman–Crippen LogP) is 3.43. The molecule has 1 atom stereocenters. The summed E-state index contributed by atoms with van der Waals surface area (Å²) in [6.45, 7) is 5.03. The van der Waals surface area contributed by atoms with Crippen molar-refractivity contribution >= 4 is 22.6 Å². The van der Waals surface area contributed by atoms with E-state index in [1.807, 2.05) is 46.0 Å². The van der Waals surface area contributed by atoms with Crippen LogP contribution in [-0.2, 0) is 13.0 Å². The van der Waals surface area contributed by atoms with Crippen molar-refractivity contribution in [3.05, 3.63) is 53.6 Å². The molecule has 5 nitrogen and oxygen atoms in total. The molecule has 2 aromatic carbocycles. The van der Waals surface area contributed by atoms with Gasteiger partial charge in [-0.05, 0) is 49.6 Å². The highest BCUT2D eigenvalue weighted by molar-refractivity contribution is 6.09. The lowest BCUT2D eigenvalue weighted by Gasteiger charge is -2.22. The number of fused-ring (bicyclic) bond motifs is 2. The van der Waals surface area contributed by atoms with Gasteiger partial charge in [-0.1, -0.05) is 30.3 Å². The van der Waals surface area contributed by atoms with E-state index in [0.717, 1.165) is 36.1 Å². The molecule has 0 saturated carbocycles. The summed E-state index contributed by atoms with van der Waals surface area (Å²) in [5.74, 6) is 0.0272. The molecule has 1 amide bonds. The minimum absolute atomic E-state index is 0.0272. The van der Waals surface area contributed by atoms with E-state index >= 15 is 0 Å². The van der Waals surface area contributed by atoms with Crippen molar-refractivity contribution in [2.24, 2.45) is 0 Å². The van der Waals surface area contributed by atoms with Crippen LogP contribution in [0, 0.1) is 0 Å². The van der Waals surface area contributed by atoms with E-state index in [0.29, 0.717) is 5.56 Å². The molecule has 0 radical (unpaired) electrons. The lowest BCUT2D eigenvalue weighted by molar-refractivity contribution is 0.0981. The van der Waals surface area contributed by atoms with Crippen LogP contribution in [0.4, 0.5) is 5.69 Å². The Morgan fingerprint density at radius 1 is 1.25 bits per heavy atom. The lowest BCUT2D eigenvalue weighted by Crippen LogP contribution is -2.35. The summed E-state index contributed by atoms with van der Waals surface area (Å²) in [6.07, 6.45) is 1.90. The number of para-hydroxylation sites is 1. The van der Waals surface area contributed by atoms with Gasteiger partial charge in [-0.3, -0.25) is 4.79 Å². The third kappa shape index (κ3) is 2.28. The van der Waals surface area contributed by atoms with Crippen LogP contribution >= 0.6 is 0 Å². The van der Waals surface area contributed by atoms with Crippen LogP contribution < -0.4 is 4.90 Å². The zero-order valence-corrected chi connectivity index (χ0v) is 13.9. The summed E-state index contributed by atoms with van der Waals surface area (Å²) in [6, 6.07) is 14.0. The monoisotopic (exact) mass is 320 g/mol. The summed E-state index contributed by atoms with van der Waals surface area (Å²) in [4.78, 5) is 15.0. The van der Waals surface area contributed by atoms with Crippen molar-refractivity contribution in [3.8, 4) is 0 Å². The average molecular weight is 320 g/mol. The molecule has 0 bridgehead atoms. The number of anilines is 1. The molecule has 0 aliphatic carbocycles. The van der Waals surface area contributed by atoms with Crippen LogP contribution in [0.5, 0.6) is 0 Å². The molecule has 122 valence electrons.